The Morgan fingerprint density at radius 3 is 2.96 bits per heavy atom. The Bertz CT molecular complexity index is 737. The number of nitrogens with one attached hydrogen (secondary N) is 1. The van der Waals surface area contributed by atoms with E-state index in [4.69, 9.17) is 14.6 Å². The van der Waals surface area contributed by atoms with Gasteiger partial charge in [-0.1, -0.05) is 11.8 Å². The number of carboxylic acid groups (broad SMARTS) is 1. The van der Waals surface area contributed by atoms with E-state index in [-0.39, 0.29) is 23.9 Å². The van der Waals surface area contributed by atoms with E-state index in [9.17, 15) is 14.0 Å². The van der Waals surface area contributed by atoms with E-state index in [1.54, 1.807) is 0 Å². The third-order valence-corrected chi connectivity index (χ3v) is 4.05. The zero-order valence-corrected chi connectivity index (χ0v) is 12.3. The number of thioether (sulfide) groups is 1. The molecule has 1 amide bonds. The number of hydrogen-bond donors (Lipinski definition) is 2. The fraction of sp³-hybridized carbons (Fsp3) is 0.231. The molecule has 1 atom stereocenters. The van der Waals surface area contributed by atoms with Gasteiger partial charge in [-0.3, -0.25) is 9.59 Å². The van der Waals surface area contributed by atoms with Gasteiger partial charge in [0.05, 0.1) is 12.6 Å². The predicted molar refractivity (Wildman–Crippen MR) is 79.3 cm³/mol. The number of amides is 1. The molecule has 0 spiro atoms. The summed E-state index contributed by atoms with van der Waals surface area (Å²) in [5.74, 6) is -1.35. The molecule has 1 aromatic rings. The lowest BCUT2D eigenvalue weighted by molar-refractivity contribution is -0.138. The van der Waals surface area contributed by atoms with Gasteiger partial charge in [0.2, 0.25) is 12.7 Å². The number of carbonyl (C=O) groups excluding carboxylic acids is 1. The average molecular weight is 339 g/mol. The Kier molecular flexibility index (Phi) is 4.15. The van der Waals surface area contributed by atoms with E-state index in [0.717, 1.165) is 11.8 Å². The molecule has 1 unspecified atom stereocenters. The molecule has 10 heteroatoms. The van der Waals surface area contributed by atoms with Crippen molar-refractivity contribution in [3.8, 4) is 11.5 Å². The van der Waals surface area contributed by atoms with Crippen LogP contribution < -0.4 is 14.8 Å². The van der Waals surface area contributed by atoms with Crippen molar-refractivity contribution in [2.75, 3.05) is 6.79 Å². The van der Waals surface area contributed by atoms with Crippen LogP contribution in [0.1, 0.15) is 12.0 Å². The summed E-state index contributed by atoms with van der Waals surface area (Å²) in [6, 6.07) is 2.61. The molecule has 0 radical (unpaired) electrons. The number of hydrogen-bond acceptors (Lipinski definition) is 7. The molecule has 120 valence electrons. The van der Waals surface area contributed by atoms with E-state index in [0.29, 0.717) is 11.5 Å². The molecule has 0 bridgehead atoms. The Morgan fingerprint density at radius 1 is 1.48 bits per heavy atom. The smallest absolute Gasteiger partial charge is 0.305 e. The first-order valence-electron chi connectivity index (χ1n) is 6.42. The summed E-state index contributed by atoms with van der Waals surface area (Å²) in [7, 11) is 0. The number of benzene rings is 1. The molecule has 2 aliphatic heterocycles. The molecule has 2 aliphatic rings. The highest BCUT2D eigenvalue weighted by atomic mass is 32.2. The normalized spacial score (nSPS) is 21.2. The molecular formula is C13H10FN3O5S. The summed E-state index contributed by atoms with van der Waals surface area (Å²) in [5.41, 5.74) is 0.148. The topological polar surface area (TPSA) is 110 Å². The van der Waals surface area contributed by atoms with Gasteiger partial charge < -0.3 is 19.9 Å². The highest BCUT2D eigenvalue weighted by Gasteiger charge is 2.32. The van der Waals surface area contributed by atoms with Crippen LogP contribution in [0.4, 0.5) is 4.39 Å². The largest absolute Gasteiger partial charge is 0.481 e. The molecule has 1 fully saturated rings. The van der Waals surface area contributed by atoms with Gasteiger partial charge >= 0.3 is 5.97 Å². The van der Waals surface area contributed by atoms with Crippen molar-refractivity contribution in [3.63, 3.8) is 0 Å². The number of carbonyl (C=O) groups is 2. The van der Waals surface area contributed by atoms with Crippen LogP contribution in [0.2, 0.25) is 0 Å². The fourth-order valence-corrected chi connectivity index (χ4v) is 2.84. The van der Waals surface area contributed by atoms with Crippen molar-refractivity contribution in [1.29, 1.82) is 0 Å². The zero-order valence-electron chi connectivity index (χ0n) is 11.5. The minimum Gasteiger partial charge on any atom is -0.481 e. The van der Waals surface area contributed by atoms with Gasteiger partial charge in [-0.15, -0.1) is 5.10 Å². The average Bonchev–Trinajstić information content (AvgIpc) is 3.05. The maximum atomic E-state index is 13.8. The zero-order chi connectivity index (χ0) is 16.4. The molecule has 8 nitrogen and oxygen atoms in total. The molecular weight excluding hydrogens is 329 g/mol. The first kappa shape index (κ1) is 15.3. The van der Waals surface area contributed by atoms with Crippen molar-refractivity contribution in [2.24, 2.45) is 10.2 Å². The second-order valence-electron chi connectivity index (χ2n) is 4.57. The molecule has 0 aliphatic carbocycles. The van der Waals surface area contributed by atoms with E-state index in [2.05, 4.69) is 15.5 Å². The third kappa shape index (κ3) is 3.42. The van der Waals surface area contributed by atoms with Crippen molar-refractivity contribution in [2.45, 2.75) is 11.7 Å². The number of aliphatic carboxylic acids is 1. The van der Waals surface area contributed by atoms with Crippen molar-refractivity contribution in [1.82, 2.24) is 5.32 Å². The van der Waals surface area contributed by atoms with E-state index >= 15 is 0 Å². The summed E-state index contributed by atoms with van der Waals surface area (Å²) >= 11 is 0.963. The molecule has 2 heterocycles. The number of amidine groups is 1. The summed E-state index contributed by atoms with van der Waals surface area (Å²) in [4.78, 5) is 22.1. The highest BCUT2D eigenvalue weighted by molar-refractivity contribution is 8.15. The van der Waals surface area contributed by atoms with Crippen LogP contribution >= 0.6 is 11.8 Å². The summed E-state index contributed by atoms with van der Waals surface area (Å²) in [6.07, 6.45) is 0.859. The van der Waals surface area contributed by atoms with Crippen LogP contribution in [0.5, 0.6) is 11.5 Å². The quantitative estimate of drug-likeness (QED) is 0.624. The van der Waals surface area contributed by atoms with E-state index in [1.807, 2.05) is 0 Å². The Hall–Kier alpha value is -2.62. The van der Waals surface area contributed by atoms with Crippen LogP contribution in [-0.4, -0.2) is 40.4 Å². The fourth-order valence-electron chi connectivity index (χ4n) is 1.92. The maximum absolute atomic E-state index is 13.8. The van der Waals surface area contributed by atoms with Crippen molar-refractivity contribution < 1.29 is 28.6 Å². The predicted octanol–water partition coefficient (Wildman–Crippen LogP) is 0.951. The SMILES string of the molecule is O=C(O)CC1SC(=NN=Cc2cc3c(cc2F)OCO3)NC1=O. The molecule has 1 aromatic carbocycles. The summed E-state index contributed by atoms with van der Waals surface area (Å²) in [6.45, 7) is 0.0330. The maximum Gasteiger partial charge on any atom is 0.305 e. The Morgan fingerprint density at radius 2 is 2.22 bits per heavy atom. The molecule has 3 rings (SSSR count). The van der Waals surface area contributed by atoms with E-state index < -0.39 is 22.9 Å². The van der Waals surface area contributed by atoms with Crippen molar-refractivity contribution in [3.05, 3.63) is 23.5 Å². The lowest BCUT2D eigenvalue weighted by atomic mass is 10.2. The number of fused-ring (bicyclic) bond motifs is 1. The second-order valence-corrected chi connectivity index (χ2v) is 5.76. The monoisotopic (exact) mass is 339 g/mol. The van der Waals surface area contributed by atoms with Gasteiger partial charge in [-0.05, 0) is 6.07 Å². The van der Waals surface area contributed by atoms with Gasteiger partial charge in [-0.2, -0.15) is 5.10 Å². The van der Waals surface area contributed by atoms with Crippen LogP contribution in [0, 0.1) is 5.82 Å². The Labute approximate surface area is 133 Å². The van der Waals surface area contributed by atoms with Crippen molar-refractivity contribution >= 4 is 35.0 Å². The van der Waals surface area contributed by atoms with Gasteiger partial charge in [-0.25, -0.2) is 4.39 Å². The standard InChI is InChI=1S/C13H10FN3O5S/c14-7-2-9-8(21-5-22-9)1-6(7)4-15-17-13-16-12(20)10(23-13)3-11(18)19/h1-2,4,10H,3,5H2,(H,18,19)(H,16,17,20). The number of ether oxygens (including phenoxy) is 2. The first-order valence-corrected chi connectivity index (χ1v) is 7.30. The van der Waals surface area contributed by atoms with Gasteiger partial charge in [0, 0.05) is 11.6 Å². The lowest BCUT2D eigenvalue weighted by Gasteiger charge is -1.99. The molecule has 1 saturated heterocycles. The summed E-state index contributed by atoms with van der Waals surface area (Å²) in [5, 5.41) is 18.0. The van der Waals surface area contributed by atoms with Gasteiger partial charge in [0.25, 0.3) is 0 Å². The molecule has 2 N–H and O–H groups in total. The Balaban J connectivity index is 1.70. The highest BCUT2D eigenvalue weighted by Crippen LogP contribution is 2.33. The van der Waals surface area contributed by atoms with Gasteiger partial charge in [0.1, 0.15) is 11.1 Å². The lowest BCUT2D eigenvalue weighted by Crippen LogP contribution is -2.26. The first-order chi connectivity index (χ1) is 11.0. The second kappa shape index (κ2) is 6.24. The minimum absolute atomic E-state index is 0.0330. The number of rotatable bonds is 4. The van der Waals surface area contributed by atoms with Crippen LogP contribution in [0.15, 0.2) is 22.3 Å². The molecule has 0 saturated carbocycles. The van der Waals surface area contributed by atoms with E-state index in [1.165, 1.54) is 18.3 Å². The van der Waals surface area contributed by atoms with Gasteiger partial charge in [0.15, 0.2) is 16.7 Å². The minimum atomic E-state index is -1.08. The van der Waals surface area contributed by atoms with Crippen LogP contribution in [0.3, 0.4) is 0 Å². The molecule has 23 heavy (non-hydrogen) atoms. The molecule has 0 aromatic heterocycles. The number of nitrogens with zero attached hydrogens (tertiary/aromatic N) is 2. The number of halogens is 1. The van der Waals surface area contributed by atoms with Crippen LogP contribution in [-0.2, 0) is 9.59 Å². The third-order valence-electron chi connectivity index (χ3n) is 2.97. The van der Waals surface area contributed by atoms with Crippen LogP contribution in [0.25, 0.3) is 0 Å². The number of carboxylic acids is 1. The summed E-state index contributed by atoms with van der Waals surface area (Å²) < 4.78 is 24.0.